The number of carbonyl (C=O) groups is 1. The van der Waals surface area contributed by atoms with Gasteiger partial charge >= 0.3 is 5.97 Å². The normalized spacial score (nSPS) is 14.2. The monoisotopic (exact) mass is 221 g/mol. The second-order valence-electron chi connectivity index (χ2n) is 3.96. The lowest BCUT2D eigenvalue weighted by atomic mass is 10.1. The molecule has 1 aromatic rings. The summed E-state index contributed by atoms with van der Waals surface area (Å²) in [5, 5.41) is 3.31. The van der Waals surface area contributed by atoms with Crippen LogP contribution in [0.4, 0.5) is 0 Å². The fourth-order valence-electron chi connectivity index (χ4n) is 1.50. The minimum Gasteiger partial charge on any atom is -0.469 e. The summed E-state index contributed by atoms with van der Waals surface area (Å²) in [5.74, 6) is -0.288. The summed E-state index contributed by atoms with van der Waals surface area (Å²) in [6.45, 7) is 4.57. The smallest absolute Gasteiger partial charge is 0.309 e. The standard InChI is InChI=1S/C13H19NO2/c1-10(13(15)16-3)9-14-11(2)12-7-5-4-6-8-12/h4-8,10-11,14H,9H2,1-3H3/t10-,11-/m0/s1. The van der Waals surface area contributed by atoms with E-state index in [-0.39, 0.29) is 17.9 Å². The lowest BCUT2D eigenvalue weighted by Gasteiger charge is -2.16. The van der Waals surface area contributed by atoms with Gasteiger partial charge < -0.3 is 10.1 Å². The minimum atomic E-state index is -0.173. The van der Waals surface area contributed by atoms with Gasteiger partial charge in [-0.25, -0.2) is 0 Å². The Bertz CT molecular complexity index is 324. The number of ether oxygens (including phenoxy) is 1. The van der Waals surface area contributed by atoms with E-state index in [1.165, 1.54) is 12.7 Å². The molecule has 0 fully saturated rings. The van der Waals surface area contributed by atoms with E-state index in [1.807, 2.05) is 25.1 Å². The van der Waals surface area contributed by atoms with Crippen molar-refractivity contribution in [2.75, 3.05) is 13.7 Å². The van der Waals surface area contributed by atoms with Gasteiger partial charge in [0.1, 0.15) is 0 Å². The van der Waals surface area contributed by atoms with Crippen molar-refractivity contribution in [2.24, 2.45) is 5.92 Å². The largest absolute Gasteiger partial charge is 0.469 e. The molecule has 88 valence electrons. The lowest BCUT2D eigenvalue weighted by Crippen LogP contribution is -2.29. The van der Waals surface area contributed by atoms with Crippen molar-refractivity contribution in [1.29, 1.82) is 0 Å². The third kappa shape index (κ3) is 3.66. The van der Waals surface area contributed by atoms with E-state index < -0.39 is 0 Å². The van der Waals surface area contributed by atoms with Gasteiger partial charge in [-0.2, -0.15) is 0 Å². The Balaban J connectivity index is 2.41. The molecule has 0 saturated heterocycles. The highest BCUT2D eigenvalue weighted by Gasteiger charge is 2.14. The van der Waals surface area contributed by atoms with E-state index in [0.29, 0.717) is 6.54 Å². The maximum absolute atomic E-state index is 11.2. The predicted molar refractivity (Wildman–Crippen MR) is 64.0 cm³/mol. The number of rotatable bonds is 5. The molecule has 0 amide bonds. The summed E-state index contributed by atoms with van der Waals surface area (Å²) in [7, 11) is 1.42. The molecule has 2 atom stereocenters. The van der Waals surface area contributed by atoms with Crippen LogP contribution in [-0.2, 0) is 9.53 Å². The number of nitrogens with one attached hydrogen (secondary N) is 1. The molecule has 16 heavy (non-hydrogen) atoms. The van der Waals surface area contributed by atoms with Crippen molar-refractivity contribution in [3.8, 4) is 0 Å². The summed E-state index contributed by atoms with van der Waals surface area (Å²) in [4.78, 5) is 11.2. The summed E-state index contributed by atoms with van der Waals surface area (Å²) in [6.07, 6.45) is 0. The number of hydrogen-bond donors (Lipinski definition) is 1. The van der Waals surface area contributed by atoms with Gasteiger partial charge in [-0.15, -0.1) is 0 Å². The Morgan fingerprint density at radius 1 is 1.31 bits per heavy atom. The van der Waals surface area contributed by atoms with Crippen LogP contribution in [0.2, 0.25) is 0 Å². The Morgan fingerprint density at radius 2 is 1.94 bits per heavy atom. The second-order valence-corrected chi connectivity index (χ2v) is 3.96. The zero-order valence-electron chi connectivity index (χ0n) is 10.1. The zero-order valence-corrected chi connectivity index (χ0v) is 10.1. The average molecular weight is 221 g/mol. The molecule has 1 aromatic carbocycles. The van der Waals surface area contributed by atoms with Crippen molar-refractivity contribution in [3.05, 3.63) is 35.9 Å². The van der Waals surface area contributed by atoms with E-state index in [4.69, 9.17) is 0 Å². The van der Waals surface area contributed by atoms with Gasteiger partial charge in [-0.1, -0.05) is 37.3 Å². The first kappa shape index (κ1) is 12.7. The fraction of sp³-hybridized carbons (Fsp3) is 0.462. The molecule has 0 unspecified atom stereocenters. The van der Waals surface area contributed by atoms with Gasteiger partial charge in [-0.05, 0) is 12.5 Å². The fourth-order valence-corrected chi connectivity index (χ4v) is 1.50. The zero-order chi connectivity index (χ0) is 12.0. The average Bonchev–Trinajstić information content (AvgIpc) is 2.35. The van der Waals surface area contributed by atoms with E-state index in [1.54, 1.807) is 0 Å². The van der Waals surface area contributed by atoms with E-state index in [2.05, 4.69) is 29.1 Å². The molecular weight excluding hydrogens is 202 g/mol. The first-order chi connectivity index (χ1) is 7.65. The molecule has 3 heteroatoms. The Labute approximate surface area is 96.8 Å². The molecule has 1 rings (SSSR count). The molecule has 0 bridgehead atoms. The topological polar surface area (TPSA) is 38.3 Å². The number of benzene rings is 1. The molecular formula is C13H19NO2. The predicted octanol–water partition coefficient (Wildman–Crippen LogP) is 2.15. The molecule has 0 spiro atoms. The van der Waals surface area contributed by atoms with E-state index >= 15 is 0 Å². The van der Waals surface area contributed by atoms with Gasteiger partial charge in [-0.3, -0.25) is 4.79 Å². The molecule has 0 aliphatic heterocycles. The maximum Gasteiger partial charge on any atom is 0.309 e. The molecule has 1 N–H and O–H groups in total. The maximum atomic E-state index is 11.2. The lowest BCUT2D eigenvalue weighted by molar-refractivity contribution is -0.144. The summed E-state index contributed by atoms with van der Waals surface area (Å²) in [6, 6.07) is 10.4. The summed E-state index contributed by atoms with van der Waals surface area (Å²) in [5.41, 5.74) is 1.22. The van der Waals surface area contributed by atoms with Gasteiger partial charge in [0.2, 0.25) is 0 Å². The van der Waals surface area contributed by atoms with Crippen molar-refractivity contribution >= 4 is 5.97 Å². The highest BCUT2D eigenvalue weighted by atomic mass is 16.5. The van der Waals surface area contributed by atoms with Crippen LogP contribution < -0.4 is 5.32 Å². The van der Waals surface area contributed by atoms with Crippen LogP contribution in [0.1, 0.15) is 25.5 Å². The highest BCUT2D eigenvalue weighted by Crippen LogP contribution is 2.11. The van der Waals surface area contributed by atoms with Crippen LogP contribution in [-0.4, -0.2) is 19.6 Å². The second kappa shape index (κ2) is 6.28. The quantitative estimate of drug-likeness (QED) is 0.774. The van der Waals surface area contributed by atoms with Crippen LogP contribution in [0.25, 0.3) is 0 Å². The number of methoxy groups -OCH3 is 1. The minimum absolute atomic E-state index is 0.115. The van der Waals surface area contributed by atoms with Crippen molar-refractivity contribution in [1.82, 2.24) is 5.32 Å². The van der Waals surface area contributed by atoms with E-state index in [9.17, 15) is 4.79 Å². The molecule has 0 aliphatic carbocycles. The molecule has 0 aliphatic rings. The Hall–Kier alpha value is -1.35. The third-order valence-corrected chi connectivity index (χ3v) is 2.63. The van der Waals surface area contributed by atoms with Crippen LogP contribution in [0.5, 0.6) is 0 Å². The molecule has 0 saturated carbocycles. The van der Waals surface area contributed by atoms with Crippen LogP contribution in [0.15, 0.2) is 30.3 Å². The van der Waals surface area contributed by atoms with Gasteiger partial charge in [0, 0.05) is 12.6 Å². The summed E-state index contributed by atoms with van der Waals surface area (Å²) < 4.78 is 4.67. The molecule has 0 heterocycles. The third-order valence-electron chi connectivity index (χ3n) is 2.63. The van der Waals surface area contributed by atoms with Crippen molar-refractivity contribution < 1.29 is 9.53 Å². The highest BCUT2D eigenvalue weighted by molar-refractivity contribution is 5.72. The number of esters is 1. The Kier molecular flexibility index (Phi) is 4.99. The van der Waals surface area contributed by atoms with Gasteiger partial charge in [0.25, 0.3) is 0 Å². The van der Waals surface area contributed by atoms with Crippen molar-refractivity contribution in [2.45, 2.75) is 19.9 Å². The van der Waals surface area contributed by atoms with Crippen LogP contribution in [0.3, 0.4) is 0 Å². The van der Waals surface area contributed by atoms with Crippen LogP contribution in [0, 0.1) is 5.92 Å². The Morgan fingerprint density at radius 3 is 2.50 bits per heavy atom. The SMILES string of the molecule is COC(=O)[C@@H](C)CN[C@@H](C)c1ccccc1. The van der Waals surface area contributed by atoms with Crippen molar-refractivity contribution in [3.63, 3.8) is 0 Å². The molecule has 0 radical (unpaired) electrons. The number of carbonyl (C=O) groups excluding carboxylic acids is 1. The van der Waals surface area contributed by atoms with Gasteiger partial charge in [0.15, 0.2) is 0 Å². The van der Waals surface area contributed by atoms with Crippen LogP contribution >= 0.6 is 0 Å². The molecule has 3 nitrogen and oxygen atoms in total. The molecule has 0 aromatic heterocycles. The van der Waals surface area contributed by atoms with E-state index in [0.717, 1.165) is 0 Å². The summed E-state index contributed by atoms with van der Waals surface area (Å²) >= 11 is 0. The first-order valence-corrected chi connectivity index (χ1v) is 5.51. The first-order valence-electron chi connectivity index (χ1n) is 5.51. The van der Waals surface area contributed by atoms with Gasteiger partial charge in [0.05, 0.1) is 13.0 Å². The number of hydrogen-bond acceptors (Lipinski definition) is 3.